The molecular weight excluding hydrogens is 262 g/mol. The highest BCUT2D eigenvalue weighted by molar-refractivity contribution is 6.29. The molecule has 0 aliphatic carbocycles. The lowest BCUT2D eigenvalue weighted by Gasteiger charge is -2.09. The van der Waals surface area contributed by atoms with Gasteiger partial charge >= 0.3 is 0 Å². The maximum atomic E-state index is 5.97. The number of hydrogen-bond donors (Lipinski definition) is 1. The van der Waals surface area contributed by atoms with Crippen LogP contribution in [-0.4, -0.2) is 19.6 Å². The number of aryl methyl sites for hydroxylation is 1. The molecule has 6 heteroatoms. The molecule has 5 nitrogen and oxygen atoms in total. The molecule has 0 saturated heterocycles. The van der Waals surface area contributed by atoms with Crippen LogP contribution in [0.2, 0.25) is 5.15 Å². The summed E-state index contributed by atoms with van der Waals surface area (Å²) in [5, 5.41) is 7.79. The summed E-state index contributed by atoms with van der Waals surface area (Å²) in [6.45, 7) is 2.12. The number of hydrogen-bond acceptors (Lipinski definition) is 4. The fourth-order valence-corrected chi connectivity index (χ4v) is 2.07. The van der Waals surface area contributed by atoms with Crippen molar-refractivity contribution in [1.82, 2.24) is 19.6 Å². The van der Waals surface area contributed by atoms with Crippen LogP contribution in [0.4, 0.5) is 11.5 Å². The van der Waals surface area contributed by atoms with E-state index in [1.165, 1.54) is 11.9 Å². The third-order valence-corrected chi connectivity index (χ3v) is 3.02. The highest BCUT2D eigenvalue weighted by atomic mass is 35.5. The van der Waals surface area contributed by atoms with Gasteiger partial charge in [0, 0.05) is 11.8 Å². The van der Waals surface area contributed by atoms with E-state index in [2.05, 4.69) is 39.4 Å². The van der Waals surface area contributed by atoms with Crippen LogP contribution in [0.25, 0.3) is 5.78 Å². The third-order valence-electron chi connectivity index (χ3n) is 2.83. The van der Waals surface area contributed by atoms with Gasteiger partial charge in [0.1, 0.15) is 17.3 Å². The minimum absolute atomic E-state index is 0.384. The van der Waals surface area contributed by atoms with Gasteiger partial charge in [0.05, 0.1) is 0 Å². The van der Waals surface area contributed by atoms with Gasteiger partial charge in [-0.2, -0.15) is 19.6 Å². The van der Waals surface area contributed by atoms with E-state index in [4.69, 9.17) is 11.6 Å². The molecule has 3 aromatic rings. The number of anilines is 2. The van der Waals surface area contributed by atoms with Gasteiger partial charge in [-0.15, -0.1) is 0 Å². The molecule has 0 unspecified atom stereocenters. The van der Waals surface area contributed by atoms with Crippen LogP contribution in [0.1, 0.15) is 12.5 Å². The monoisotopic (exact) mass is 273 g/mol. The van der Waals surface area contributed by atoms with Crippen molar-refractivity contribution in [2.75, 3.05) is 5.32 Å². The molecule has 1 N–H and O–H groups in total. The molecule has 96 valence electrons. The van der Waals surface area contributed by atoms with Crippen molar-refractivity contribution < 1.29 is 0 Å². The van der Waals surface area contributed by atoms with E-state index < -0.39 is 0 Å². The molecule has 0 bridgehead atoms. The molecule has 2 aromatic heterocycles. The Labute approximate surface area is 115 Å². The van der Waals surface area contributed by atoms with Crippen molar-refractivity contribution in [3.63, 3.8) is 0 Å². The zero-order chi connectivity index (χ0) is 13.2. The highest BCUT2D eigenvalue weighted by Gasteiger charge is 2.06. The van der Waals surface area contributed by atoms with Crippen LogP contribution in [0, 0.1) is 0 Å². The number of aromatic nitrogens is 4. The van der Waals surface area contributed by atoms with Gasteiger partial charge < -0.3 is 5.32 Å². The number of nitrogens with one attached hydrogen (secondary N) is 1. The summed E-state index contributed by atoms with van der Waals surface area (Å²) >= 11 is 5.97. The Morgan fingerprint density at radius 1 is 1.32 bits per heavy atom. The summed E-state index contributed by atoms with van der Waals surface area (Å²) in [5.74, 6) is 1.21. The summed E-state index contributed by atoms with van der Waals surface area (Å²) in [4.78, 5) is 8.12. The summed E-state index contributed by atoms with van der Waals surface area (Å²) < 4.78 is 1.62. The molecule has 2 heterocycles. The van der Waals surface area contributed by atoms with Gasteiger partial charge in [0.15, 0.2) is 0 Å². The molecule has 19 heavy (non-hydrogen) atoms. The van der Waals surface area contributed by atoms with E-state index in [-0.39, 0.29) is 0 Å². The first-order chi connectivity index (χ1) is 9.26. The van der Waals surface area contributed by atoms with Crippen molar-refractivity contribution in [1.29, 1.82) is 0 Å². The Hall–Kier alpha value is -2.14. The molecular formula is C13H12ClN5. The predicted octanol–water partition coefficient (Wildman–Crippen LogP) is 3.08. The van der Waals surface area contributed by atoms with E-state index >= 15 is 0 Å². The normalized spacial score (nSPS) is 10.8. The summed E-state index contributed by atoms with van der Waals surface area (Å²) in [6, 6.07) is 9.92. The Kier molecular flexibility index (Phi) is 3.05. The quantitative estimate of drug-likeness (QED) is 0.745. The molecule has 0 aliphatic heterocycles. The molecule has 0 aliphatic rings. The Morgan fingerprint density at radius 3 is 3.05 bits per heavy atom. The molecule has 0 amide bonds. The van der Waals surface area contributed by atoms with Crippen LogP contribution in [0.5, 0.6) is 0 Å². The number of nitrogens with zero attached hydrogens (tertiary/aromatic N) is 4. The van der Waals surface area contributed by atoms with E-state index in [9.17, 15) is 0 Å². The van der Waals surface area contributed by atoms with Crippen LogP contribution >= 0.6 is 11.6 Å². The SMILES string of the molecule is CCc1cccc(Nc2cc(Cl)nc3ncnn23)c1. The highest BCUT2D eigenvalue weighted by Crippen LogP contribution is 2.20. The van der Waals surface area contributed by atoms with Crippen molar-refractivity contribution in [2.45, 2.75) is 13.3 Å². The van der Waals surface area contributed by atoms with Gasteiger partial charge in [-0.05, 0) is 24.1 Å². The Balaban J connectivity index is 2.02. The summed E-state index contributed by atoms with van der Waals surface area (Å²) in [7, 11) is 0. The molecule has 0 fully saturated rings. The Morgan fingerprint density at radius 2 is 2.21 bits per heavy atom. The van der Waals surface area contributed by atoms with Crippen LogP contribution in [0.3, 0.4) is 0 Å². The van der Waals surface area contributed by atoms with Gasteiger partial charge in [-0.3, -0.25) is 0 Å². The Bertz CT molecular complexity index is 722. The number of benzene rings is 1. The number of halogens is 1. The fraction of sp³-hybridized carbons (Fsp3) is 0.154. The second kappa shape index (κ2) is 4.85. The van der Waals surface area contributed by atoms with Gasteiger partial charge in [-0.1, -0.05) is 30.7 Å². The van der Waals surface area contributed by atoms with Crippen LogP contribution < -0.4 is 5.32 Å². The maximum absolute atomic E-state index is 5.97. The second-order valence-corrected chi connectivity index (χ2v) is 4.50. The zero-order valence-electron chi connectivity index (χ0n) is 10.3. The maximum Gasteiger partial charge on any atom is 0.255 e. The first kappa shape index (κ1) is 11.9. The van der Waals surface area contributed by atoms with Gasteiger partial charge in [-0.25, -0.2) is 0 Å². The zero-order valence-corrected chi connectivity index (χ0v) is 11.1. The number of fused-ring (bicyclic) bond motifs is 1. The average Bonchev–Trinajstić information content (AvgIpc) is 2.87. The van der Waals surface area contributed by atoms with Crippen molar-refractivity contribution in [3.8, 4) is 0 Å². The lowest BCUT2D eigenvalue weighted by atomic mass is 10.1. The molecule has 0 saturated carbocycles. The first-order valence-corrected chi connectivity index (χ1v) is 6.36. The van der Waals surface area contributed by atoms with Crippen molar-refractivity contribution in [3.05, 3.63) is 47.4 Å². The van der Waals surface area contributed by atoms with E-state index in [0.717, 1.165) is 17.9 Å². The topological polar surface area (TPSA) is 55.1 Å². The van der Waals surface area contributed by atoms with Gasteiger partial charge in [0.25, 0.3) is 5.78 Å². The third kappa shape index (κ3) is 2.37. The van der Waals surface area contributed by atoms with E-state index in [0.29, 0.717) is 10.9 Å². The summed E-state index contributed by atoms with van der Waals surface area (Å²) in [6.07, 6.45) is 2.44. The molecule has 0 spiro atoms. The molecule has 0 atom stereocenters. The lowest BCUT2D eigenvalue weighted by molar-refractivity contribution is 0.947. The predicted molar refractivity (Wildman–Crippen MR) is 74.9 cm³/mol. The summed E-state index contributed by atoms with van der Waals surface area (Å²) in [5.41, 5.74) is 2.25. The smallest absolute Gasteiger partial charge is 0.255 e. The molecule has 1 aromatic carbocycles. The van der Waals surface area contributed by atoms with Crippen LogP contribution in [0.15, 0.2) is 36.7 Å². The number of rotatable bonds is 3. The molecule has 0 radical (unpaired) electrons. The van der Waals surface area contributed by atoms with Crippen molar-refractivity contribution >= 4 is 28.9 Å². The van der Waals surface area contributed by atoms with Crippen LogP contribution in [-0.2, 0) is 6.42 Å². The average molecular weight is 274 g/mol. The first-order valence-electron chi connectivity index (χ1n) is 5.98. The second-order valence-electron chi connectivity index (χ2n) is 4.11. The fourth-order valence-electron chi connectivity index (χ4n) is 1.89. The van der Waals surface area contributed by atoms with E-state index in [1.807, 2.05) is 12.1 Å². The van der Waals surface area contributed by atoms with E-state index in [1.54, 1.807) is 10.6 Å². The largest absolute Gasteiger partial charge is 0.340 e. The minimum atomic E-state index is 0.384. The standard InChI is InChI=1S/C13H12ClN5/c1-2-9-4-3-5-10(6-9)17-12-7-11(14)18-13-15-8-16-19(12)13/h3-8,17H,2H2,1H3. The minimum Gasteiger partial charge on any atom is -0.340 e. The van der Waals surface area contributed by atoms with Crippen molar-refractivity contribution in [2.24, 2.45) is 0 Å². The lowest BCUT2D eigenvalue weighted by Crippen LogP contribution is -2.01. The van der Waals surface area contributed by atoms with Gasteiger partial charge in [0.2, 0.25) is 0 Å². The molecule has 3 rings (SSSR count).